The number of aromatic nitrogens is 1. The molecule has 1 aromatic heterocycles. The van der Waals surface area contributed by atoms with Crippen LogP contribution in [0.5, 0.6) is 0 Å². The van der Waals surface area contributed by atoms with Gasteiger partial charge in [-0.3, -0.25) is 4.98 Å². The van der Waals surface area contributed by atoms with Gasteiger partial charge in [0.15, 0.2) is 0 Å². The maximum Gasteiger partial charge on any atom is 0.0838 e. The van der Waals surface area contributed by atoms with Crippen LogP contribution < -0.4 is 10.2 Å². The van der Waals surface area contributed by atoms with Gasteiger partial charge in [0.2, 0.25) is 0 Å². The highest BCUT2D eigenvalue weighted by Gasteiger charge is 2.24. The average molecular weight is 239 g/mol. The highest BCUT2D eigenvalue weighted by atomic mass is 15.2. The third-order valence-corrected chi connectivity index (χ3v) is 3.36. The summed E-state index contributed by atoms with van der Waals surface area (Å²) in [5.74, 6) is 0. The highest BCUT2D eigenvalue weighted by molar-refractivity contribution is 5.48. The smallest absolute Gasteiger partial charge is 0.0838 e. The van der Waals surface area contributed by atoms with Crippen molar-refractivity contribution in [1.29, 1.82) is 0 Å². The van der Waals surface area contributed by atoms with Gasteiger partial charge in [0.05, 0.1) is 11.7 Å². The first-order chi connectivity index (χ1) is 8.95. The molecule has 0 bridgehead atoms. The Kier molecular flexibility index (Phi) is 3.24. The van der Waals surface area contributed by atoms with Crippen LogP contribution in [0.1, 0.15) is 11.7 Å². The molecule has 3 heteroatoms. The van der Waals surface area contributed by atoms with Gasteiger partial charge in [0.25, 0.3) is 0 Å². The summed E-state index contributed by atoms with van der Waals surface area (Å²) in [5.41, 5.74) is 2.41. The fourth-order valence-electron chi connectivity index (χ4n) is 2.47. The van der Waals surface area contributed by atoms with Gasteiger partial charge in [-0.2, -0.15) is 0 Å². The average Bonchev–Trinajstić information content (AvgIpc) is 2.49. The molecule has 0 saturated carbocycles. The van der Waals surface area contributed by atoms with E-state index in [0.717, 1.165) is 25.3 Å². The second-order valence-corrected chi connectivity index (χ2v) is 4.50. The Labute approximate surface area is 107 Å². The van der Waals surface area contributed by atoms with Crippen LogP contribution in [-0.4, -0.2) is 24.6 Å². The zero-order valence-electron chi connectivity index (χ0n) is 10.3. The molecule has 3 rings (SSSR count). The van der Waals surface area contributed by atoms with Crippen molar-refractivity contribution in [3.8, 4) is 0 Å². The first-order valence-electron chi connectivity index (χ1n) is 6.38. The lowest BCUT2D eigenvalue weighted by Crippen LogP contribution is -2.46. The zero-order valence-corrected chi connectivity index (χ0v) is 10.3. The fourth-order valence-corrected chi connectivity index (χ4v) is 2.47. The third kappa shape index (κ3) is 2.22. The largest absolute Gasteiger partial charge is 0.360 e. The highest BCUT2D eigenvalue weighted by Crippen LogP contribution is 2.26. The van der Waals surface area contributed by atoms with Crippen molar-refractivity contribution in [3.05, 3.63) is 60.4 Å². The van der Waals surface area contributed by atoms with Crippen molar-refractivity contribution in [2.24, 2.45) is 0 Å². The minimum absolute atomic E-state index is 0.322. The van der Waals surface area contributed by atoms with Gasteiger partial charge in [-0.25, -0.2) is 0 Å². The second kappa shape index (κ2) is 5.19. The summed E-state index contributed by atoms with van der Waals surface area (Å²) in [6.45, 7) is 3.00. The molecule has 1 fully saturated rings. The molecule has 0 spiro atoms. The summed E-state index contributed by atoms with van der Waals surface area (Å²) in [5, 5.41) is 3.45. The summed E-state index contributed by atoms with van der Waals surface area (Å²) in [4.78, 5) is 6.93. The SMILES string of the molecule is c1ccc(N2CCNCC2c2ccccn2)cc1. The van der Waals surface area contributed by atoms with Gasteiger partial charge in [0, 0.05) is 31.5 Å². The van der Waals surface area contributed by atoms with E-state index in [1.54, 1.807) is 0 Å². The van der Waals surface area contributed by atoms with Crippen LogP contribution in [0.4, 0.5) is 5.69 Å². The van der Waals surface area contributed by atoms with Crippen LogP contribution in [0.2, 0.25) is 0 Å². The standard InChI is InChI=1S/C15H17N3/c1-2-6-13(7-3-1)18-11-10-16-12-15(18)14-8-4-5-9-17-14/h1-9,15-16H,10-12H2. The Bertz CT molecular complexity index is 436. The van der Waals surface area contributed by atoms with Gasteiger partial charge < -0.3 is 10.2 Å². The number of hydrogen-bond donors (Lipinski definition) is 1. The van der Waals surface area contributed by atoms with Crippen LogP contribution in [0.3, 0.4) is 0 Å². The van der Waals surface area contributed by atoms with E-state index in [1.165, 1.54) is 5.69 Å². The van der Waals surface area contributed by atoms with Gasteiger partial charge in [-0.15, -0.1) is 0 Å². The Balaban J connectivity index is 1.92. The summed E-state index contributed by atoms with van der Waals surface area (Å²) < 4.78 is 0. The van der Waals surface area contributed by atoms with Crippen molar-refractivity contribution in [2.45, 2.75) is 6.04 Å². The summed E-state index contributed by atoms with van der Waals surface area (Å²) in [7, 11) is 0. The number of para-hydroxylation sites is 1. The normalized spacial score (nSPS) is 19.8. The molecule has 0 aliphatic carbocycles. The Hall–Kier alpha value is -1.87. The number of piperazine rings is 1. The molecule has 2 aromatic rings. The first kappa shape index (κ1) is 11.2. The number of benzene rings is 1. The van der Waals surface area contributed by atoms with Crippen LogP contribution in [0, 0.1) is 0 Å². The van der Waals surface area contributed by atoms with Crippen LogP contribution >= 0.6 is 0 Å². The summed E-state index contributed by atoms with van der Waals surface area (Å²) in [6, 6.07) is 17.0. The maximum atomic E-state index is 4.50. The molecule has 3 nitrogen and oxygen atoms in total. The number of rotatable bonds is 2. The Morgan fingerprint density at radius 1 is 1.06 bits per heavy atom. The van der Waals surface area contributed by atoms with Crippen molar-refractivity contribution < 1.29 is 0 Å². The molecule has 2 heterocycles. The van der Waals surface area contributed by atoms with Gasteiger partial charge in [0.1, 0.15) is 0 Å². The van der Waals surface area contributed by atoms with Crippen LogP contribution in [-0.2, 0) is 0 Å². The minimum Gasteiger partial charge on any atom is -0.360 e. The molecule has 1 saturated heterocycles. The van der Waals surface area contributed by atoms with Crippen LogP contribution in [0.25, 0.3) is 0 Å². The molecule has 92 valence electrons. The number of anilines is 1. The molecule has 1 unspecified atom stereocenters. The van der Waals surface area contributed by atoms with E-state index in [0.29, 0.717) is 6.04 Å². The molecule has 1 aliphatic heterocycles. The maximum absolute atomic E-state index is 4.50. The Morgan fingerprint density at radius 2 is 1.89 bits per heavy atom. The number of nitrogens with one attached hydrogen (secondary N) is 1. The van der Waals surface area contributed by atoms with Crippen molar-refractivity contribution in [1.82, 2.24) is 10.3 Å². The topological polar surface area (TPSA) is 28.2 Å². The molecule has 1 atom stereocenters. The first-order valence-corrected chi connectivity index (χ1v) is 6.38. The number of nitrogens with zero attached hydrogens (tertiary/aromatic N) is 2. The van der Waals surface area contributed by atoms with E-state index in [9.17, 15) is 0 Å². The quantitative estimate of drug-likeness (QED) is 0.871. The van der Waals surface area contributed by atoms with E-state index in [-0.39, 0.29) is 0 Å². The van der Waals surface area contributed by atoms with E-state index in [1.807, 2.05) is 12.3 Å². The molecular weight excluding hydrogens is 222 g/mol. The predicted molar refractivity (Wildman–Crippen MR) is 73.6 cm³/mol. The fraction of sp³-hybridized carbons (Fsp3) is 0.267. The van der Waals surface area contributed by atoms with Gasteiger partial charge >= 0.3 is 0 Å². The molecule has 0 amide bonds. The van der Waals surface area contributed by atoms with Gasteiger partial charge in [-0.1, -0.05) is 24.3 Å². The zero-order chi connectivity index (χ0) is 12.2. The van der Waals surface area contributed by atoms with E-state index in [2.05, 4.69) is 57.7 Å². The van der Waals surface area contributed by atoms with Crippen LogP contribution in [0.15, 0.2) is 54.7 Å². The molecular formula is C15H17N3. The molecule has 1 aromatic carbocycles. The van der Waals surface area contributed by atoms with Crippen molar-refractivity contribution in [2.75, 3.05) is 24.5 Å². The van der Waals surface area contributed by atoms with E-state index >= 15 is 0 Å². The predicted octanol–water partition coefficient (Wildman–Crippen LogP) is 2.23. The van der Waals surface area contributed by atoms with E-state index < -0.39 is 0 Å². The second-order valence-electron chi connectivity index (χ2n) is 4.50. The minimum atomic E-state index is 0.322. The molecule has 1 aliphatic rings. The lowest BCUT2D eigenvalue weighted by atomic mass is 10.1. The monoisotopic (exact) mass is 239 g/mol. The lowest BCUT2D eigenvalue weighted by molar-refractivity contribution is 0.482. The molecule has 1 N–H and O–H groups in total. The number of pyridine rings is 1. The third-order valence-electron chi connectivity index (χ3n) is 3.36. The lowest BCUT2D eigenvalue weighted by Gasteiger charge is -2.37. The number of hydrogen-bond acceptors (Lipinski definition) is 3. The molecule has 18 heavy (non-hydrogen) atoms. The van der Waals surface area contributed by atoms with Crippen molar-refractivity contribution in [3.63, 3.8) is 0 Å². The van der Waals surface area contributed by atoms with Gasteiger partial charge in [-0.05, 0) is 24.3 Å². The summed E-state index contributed by atoms with van der Waals surface area (Å²) in [6.07, 6.45) is 1.87. The van der Waals surface area contributed by atoms with Crippen molar-refractivity contribution >= 4 is 5.69 Å². The van der Waals surface area contributed by atoms with E-state index in [4.69, 9.17) is 0 Å². The molecule has 0 radical (unpaired) electrons. The Morgan fingerprint density at radius 3 is 2.67 bits per heavy atom. The summed E-state index contributed by atoms with van der Waals surface area (Å²) >= 11 is 0.